The molecule has 7 heteroatoms. The molecule has 1 aromatic carbocycles. The van der Waals surface area contributed by atoms with Crippen LogP contribution in [-0.4, -0.2) is 47.0 Å². The fourth-order valence-electron chi connectivity index (χ4n) is 2.95. The second-order valence-electron chi connectivity index (χ2n) is 6.40. The summed E-state index contributed by atoms with van der Waals surface area (Å²) in [4.78, 5) is 36.8. The number of carboxylic acid groups (broad SMARTS) is 1. The van der Waals surface area contributed by atoms with E-state index in [4.69, 9.17) is 5.11 Å². The maximum atomic E-state index is 12.7. The third-order valence-corrected chi connectivity index (χ3v) is 4.41. The maximum Gasteiger partial charge on any atom is 0.319 e. The van der Waals surface area contributed by atoms with Gasteiger partial charge in [0.25, 0.3) is 5.91 Å². The molecule has 1 unspecified atom stereocenters. The van der Waals surface area contributed by atoms with Gasteiger partial charge in [-0.25, -0.2) is 4.79 Å². The Bertz CT molecular complexity index is 660. The zero-order valence-electron chi connectivity index (χ0n) is 14.7. The van der Waals surface area contributed by atoms with Crippen LogP contribution in [0.3, 0.4) is 0 Å². The second kappa shape index (κ2) is 8.50. The Morgan fingerprint density at radius 2 is 2.04 bits per heavy atom. The van der Waals surface area contributed by atoms with E-state index >= 15 is 0 Å². The molecule has 1 heterocycles. The molecule has 0 bridgehead atoms. The molecule has 1 saturated heterocycles. The average molecular weight is 347 g/mol. The number of urea groups is 1. The van der Waals surface area contributed by atoms with Crippen LogP contribution in [0.25, 0.3) is 0 Å². The quantitative estimate of drug-likeness (QED) is 0.762. The smallest absolute Gasteiger partial charge is 0.319 e. The van der Waals surface area contributed by atoms with Gasteiger partial charge in [-0.2, -0.15) is 0 Å². The van der Waals surface area contributed by atoms with Crippen molar-refractivity contribution in [3.63, 3.8) is 0 Å². The van der Waals surface area contributed by atoms with Gasteiger partial charge in [-0.3, -0.25) is 9.59 Å². The number of rotatable bonds is 5. The summed E-state index contributed by atoms with van der Waals surface area (Å²) in [5, 5.41) is 13.7. The Morgan fingerprint density at radius 1 is 1.28 bits per heavy atom. The second-order valence-corrected chi connectivity index (χ2v) is 6.40. The minimum Gasteiger partial charge on any atom is -0.481 e. The van der Waals surface area contributed by atoms with E-state index < -0.39 is 12.0 Å². The Morgan fingerprint density at radius 3 is 2.68 bits per heavy atom. The van der Waals surface area contributed by atoms with Gasteiger partial charge in [0.2, 0.25) is 0 Å². The first-order valence-corrected chi connectivity index (χ1v) is 8.56. The molecule has 0 saturated carbocycles. The molecule has 3 amide bonds. The van der Waals surface area contributed by atoms with Gasteiger partial charge in [0.15, 0.2) is 0 Å². The van der Waals surface area contributed by atoms with Gasteiger partial charge in [-0.1, -0.05) is 0 Å². The molecular formula is C18H25N3O4. The highest BCUT2D eigenvalue weighted by atomic mass is 16.4. The van der Waals surface area contributed by atoms with Crippen LogP contribution in [0.4, 0.5) is 10.5 Å². The number of aryl methyl sites for hydroxylation is 1. The lowest BCUT2D eigenvalue weighted by Crippen LogP contribution is -2.42. The topological polar surface area (TPSA) is 98.7 Å². The Balaban J connectivity index is 1.98. The van der Waals surface area contributed by atoms with Crippen molar-refractivity contribution in [1.29, 1.82) is 0 Å². The van der Waals surface area contributed by atoms with E-state index in [1.165, 1.54) is 0 Å². The molecule has 1 aliphatic heterocycles. The van der Waals surface area contributed by atoms with Crippen molar-refractivity contribution in [3.05, 3.63) is 29.3 Å². The summed E-state index contributed by atoms with van der Waals surface area (Å²) in [5.41, 5.74) is 1.99. The zero-order valence-corrected chi connectivity index (χ0v) is 14.7. The number of carbonyl (C=O) groups is 3. The third-order valence-electron chi connectivity index (χ3n) is 4.41. The van der Waals surface area contributed by atoms with Crippen LogP contribution in [0.2, 0.25) is 0 Å². The van der Waals surface area contributed by atoms with Crippen molar-refractivity contribution in [1.82, 2.24) is 10.2 Å². The molecule has 0 radical (unpaired) electrons. The molecule has 136 valence electrons. The van der Waals surface area contributed by atoms with E-state index in [-0.39, 0.29) is 24.9 Å². The number of likely N-dealkylation sites (tertiary alicyclic amines) is 1. The number of piperidine rings is 1. The average Bonchev–Trinajstić information content (AvgIpc) is 2.56. The fourth-order valence-corrected chi connectivity index (χ4v) is 2.95. The summed E-state index contributed by atoms with van der Waals surface area (Å²) >= 11 is 0. The fraction of sp³-hybridized carbons (Fsp3) is 0.500. The lowest BCUT2D eigenvalue weighted by atomic mass is 10.0. The molecule has 1 fully saturated rings. The largest absolute Gasteiger partial charge is 0.481 e. The molecular weight excluding hydrogens is 322 g/mol. The van der Waals surface area contributed by atoms with Crippen LogP contribution in [0.5, 0.6) is 0 Å². The van der Waals surface area contributed by atoms with Crippen molar-refractivity contribution in [2.75, 3.05) is 18.4 Å². The molecule has 7 nitrogen and oxygen atoms in total. The lowest BCUT2D eigenvalue weighted by Gasteiger charge is -2.33. The number of nitrogens with one attached hydrogen (secondary N) is 2. The van der Waals surface area contributed by atoms with E-state index in [9.17, 15) is 14.4 Å². The number of amides is 3. The first kappa shape index (κ1) is 18.8. The molecule has 1 aromatic rings. The van der Waals surface area contributed by atoms with Crippen LogP contribution < -0.4 is 10.6 Å². The van der Waals surface area contributed by atoms with Crippen LogP contribution in [0, 0.1) is 6.92 Å². The van der Waals surface area contributed by atoms with Crippen molar-refractivity contribution in [2.45, 2.75) is 45.6 Å². The van der Waals surface area contributed by atoms with E-state index in [1.807, 2.05) is 11.8 Å². The third kappa shape index (κ3) is 5.20. The lowest BCUT2D eigenvalue weighted by molar-refractivity contribution is -0.136. The van der Waals surface area contributed by atoms with Gasteiger partial charge >= 0.3 is 12.0 Å². The SMILES string of the molecule is Cc1cc(C(=O)N2CCCCC2C)ccc1NC(=O)NCCC(=O)O. The summed E-state index contributed by atoms with van der Waals surface area (Å²) in [7, 11) is 0. The molecule has 3 N–H and O–H groups in total. The Labute approximate surface area is 147 Å². The van der Waals surface area contributed by atoms with Gasteiger partial charge < -0.3 is 20.6 Å². The number of carbonyl (C=O) groups excluding carboxylic acids is 2. The molecule has 2 rings (SSSR count). The van der Waals surface area contributed by atoms with Crippen molar-refractivity contribution >= 4 is 23.6 Å². The van der Waals surface area contributed by atoms with E-state index in [0.29, 0.717) is 11.3 Å². The summed E-state index contributed by atoms with van der Waals surface area (Å²) < 4.78 is 0. The minimum absolute atomic E-state index is 0.0211. The minimum atomic E-state index is -0.966. The Kier molecular flexibility index (Phi) is 6.38. The summed E-state index contributed by atoms with van der Waals surface area (Å²) in [6.45, 7) is 4.74. The summed E-state index contributed by atoms with van der Waals surface area (Å²) in [6.07, 6.45) is 3.09. The molecule has 0 spiro atoms. The van der Waals surface area contributed by atoms with Crippen molar-refractivity contribution < 1.29 is 19.5 Å². The molecule has 25 heavy (non-hydrogen) atoms. The Hall–Kier alpha value is -2.57. The normalized spacial score (nSPS) is 17.0. The first-order chi connectivity index (χ1) is 11.9. The van der Waals surface area contributed by atoms with Gasteiger partial charge in [0.1, 0.15) is 0 Å². The van der Waals surface area contributed by atoms with Gasteiger partial charge in [0, 0.05) is 30.4 Å². The summed E-state index contributed by atoms with van der Waals surface area (Å²) in [6, 6.07) is 4.97. The number of hydrogen-bond donors (Lipinski definition) is 3. The van der Waals surface area contributed by atoms with Gasteiger partial charge in [-0.15, -0.1) is 0 Å². The maximum absolute atomic E-state index is 12.7. The molecule has 1 atom stereocenters. The number of anilines is 1. The summed E-state index contributed by atoms with van der Waals surface area (Å²) in [5.74, 6) is -0.945. The van der Waals surface area contributed by atoms with Crippen molar-refractivity contribution in [2.24, 2.45) is 0 Å². The predicted molar refractivity (Wildman–Crippen MR) is 94.8 cm³/mol. The predicted octanol–water partition coefficient (Wildman–Crippen LogP) is 2.61. The highest BCUT2D eigenvalue weighted by Gasteiger charge is 2.24. The number of hydrogen-bond acceptors (Lipinski definition) is 3. The van der Waals surface area contributed by atoms with E-state index in [1.54, 1.807) is 18.2 Å². The first-order valence-electron chi connectivity index (χ1n) is 8.56. The van der Waals surface area contributed by atoms with Crippen LogP contribution >= 0.6 is 0 Å². The zero-order chi connectivity index (χ0) is 18.4. The number of aliphatic carboxylic acids is 1. The number of benzene rings is 1. The van der Waals surface area contributed by atoms with Crippen LogP contribution in [0.15, 0.2) is 18.2 Å². The molecule has 0 aliphatic carbocycles. The van der Waals surface area contributed by atoms with E-state index in [2.05, 4.69) is 17.6 Å². The van der Waals surface area contributed by atoms with Gasteiger partial charge in [0.05, 0.1) is 6.42 Å². The van der Waals surface area contributed by atoms with Gasteiger partial charge in [-0.05, 0) is 56.9 Å². The molecule has 0 aromatic heterocycles. The van der Waals surface area contributed by atoms with Crippen LogP contribution in [0.1, 0.15) is 48.5 Å². The van der Waals surface area contributed by atoms with Crippen molar-refractivity contribution in [3.8, 4) is 0 Å². The van der Waals surface area contributed by atoms with E-state index in [0.717, 1.165) is 31.4 Å². The number of nitrogens with zero attached hydrogens (tertiary/aromatic N) is 1. The monoisotopic (exact) mass is 347 g/mol. The highest BCUT2D eigenvalue weighted by molar-refractivity contribution is 5.96. The van der Waals surface area contributed by atoms with Crippen LogP contribution in [-0.2, 0) is 4.79 Å². The highest BCUT2D eigenvalue weighted by Crippen LogP contribution is 2.22. The standard InChI is InChI=1S/C18H25N3O4/c1-12-11-14(17(24)21-10-4-3-5-13(21)2)6-7-15(12)20-18(25)19-9-8-16(22)23/h6-7,11,13H,3-5,8-10H2,1-2H3,(H,22,23)(H2,19,20,25). The molecule has 1 aliphatic rings. The number of carboxylic acids is 1.